The number of benzene rings is 4. The molecular weight excluding hydrogens is 498 g/mol. The van der Waals surface area contributed by atoms with Crippen LogP contribution in [0.4, 0.5) is 0 Å². The van der Waals surface area contributed by atoms with Crippen molar-refractivity contribution in [1.29, 1.82) is 0 Å². The Bertz CT molecular complexity index is 1520. The molecule has 1 heterocycles. The Hall–Kier alpha value is -3.68. The van der Waals surface area contributed by atoms with E-state index in [2.05, 4.69) is 38.1 Å². The largest absolute Gasteiger partial charge is 0.496 e. The first-order valence-corrected chi connectivity index (χ1v) is 13.7. The summed E-state index contributed by atoms with van der Waals surface area (Å²) in [6, 6.07) is 25.7. The Balaban J connectivity index is 1.49. The predicted octanol–water partition coefficient (Wildman–Crippen LogP) is 6.23. The van der Waals surface area contributed by atoms with Crippen LogP contribution in [0.2, 0.25) is 0 Å². The minimum absolute atomic E-state index is 0.140. The molecule has 1 aliphatic rings. The molecule has 1 atom stereocenters. The SMILES string of the molecule is COc1ccc(-c2cccc3ccccc23)cc1CN(CC(=O)O)S(=O)c1ccc2c(c1)CCC(C)(C)O2. The average Bonchev–Trinajstić information content (AvgIpc) is 2.91. The highest BCUT2D eigenvalue weighted by atomic mass is 32.2. The first kappa shape index (κ1) is 25.9. The molecule has 7 heteroatoms. The van der Waals surface area contributed by atoms with Crippen molar-refractivity contribution >= 4 is 27.7 Å². The van der Waals surface area contributed by atoms with E-state index in [1.807, 2.05) is 48.5 Å². The van der Waals surface area contributed by atoms with E-state index in [0.29, 0.717) is 10.6 Å². The third-order valence-corrected chi connectivity index (χ3v) is 8.27. The van der Waals surface area contributed by atoms with Crippen molar-refractivity contribution in [3.05, 3.63) is 90.0 Å². The van der Waals surface area contributed by atoms with Gasteiger partial charge in [-0.15, -0.1) is 0 Å². The monoisotopic (exact) mass is 529 g/mol. The molecule has 0 bridgehead atoms. The van der Waals surface area contributed by atoms with Gasteiger partial charge in [-0.25, -0.2) is 8.51 Å². The van der Waals surface area contributed by atoms with Gasteiger partial charge in [0.05, 0.1) is 12.0 Å². The average molecular weight is 530 g/mol. The third-order valence-electron chi connectivity index (χ3n) is 6.89. The quantitative estimate of drug-likeness (QED) is 0.293. The summed E-state index contributed by atoms with van der Waals surface area (Å²) in [6.07, 6.45) is 1.67. The molecule has 1 unspecified atom stereocenters. The van der Waals surface area contributed by atoms with E-state index in [4.69, 9.17) is 9.47 Å². The van der Waals surface area contributed by atoms with Gasteiger partial charge in [0.2, 0.25) is 0 Å². The number of carbonyl (C=O) groups is 1. The molecule has 5 rings (SSSR count). The van der Waals surface area contributed by atoms with E-state index >= 15 is 0 Å². The van der Waals surface area contributed by atoms with Gasteiger partial charge in [0, 0.05) is 12.1 Å². The van der Waals surface area contributed by atoms with Crippen molar-refractivity contribution in [3.8, 4) is 22.6 Å². The lowest BCUT2D eigenvalue weighted by atomic mass is 9.94. The summed E-state index contributed by atoms with van der Waals surface area (Å²) in [5.74, 6) is 0.351. The highest BCUT2D eigenvalue weighted by molar-refractivity contribution is 7.82. The molecule has 0 radical (unpaired) electrons. The maximum atomic E-state index is 13.7. The molecule has 0 saturated carbocycles. The van der Waals surface area contributed by atoms with Crippen LogP contribution in [0.1, 0.15) is 31.4 Å². The highest BCUT2D eigenvalue weighted by Crippen LogP contribution is 2.35. The van der Waals surface area contributed by atoms with Gasteiger partial charge >= 0.3 is 5.97 Å². The smallest absolute Gasteiger partial charge is 0.318 e. The normalized spacial score (nSPS) is 15.1. The van der Waals surface area contributed by atoms with Crippen LogP contribution in [0.5, 0.6) is 11.5 Å². The predicted molar refractivity (Wildman–Crippen MR) is 150 cm³/mol. The summed E-state index contributed by atoms with van der Waals surface area (Å²) >= 11 is 0. The summed E-state index contributed by atoms with van der Waals surface area (Å²) in [4.78, 5) is 12.4. The molecule has 196 valence electrons. The second kappa shape index (κ2) is 10.6. The zero-order valence-electron chi connectivity index (χ0n) is 21.8. The number of ether oxygens (including phenoxy) is 2. The number of carboxylic acids is 1. The topological polar surface area (TPSA) is 76.1 Å². The zero-order chi connectivity index (χ0) is 26.9. The minimum Gasteiger partial charge on any atom is -0.496 e. The van der Waals surface area contributed by atoms with Gasteiger partial charge in [0.1, 0.15) is 34.6 Å². The van der Waals surface area contributed by atoms with Crippen molar-refractivity contribution in [3.63, 3.8) is 0 Å². The van der Waals surface area contributed by atoms with E-state index < -0.39 is 17.0 Å². The number of methoxy groups -OCH3 is 1. The summed E-state index contributed by atoms with van der Waals surface area (Å²) in [6.45, 7) is 3.86. The number of nitrogens with zero attached hydrogens (tertiary/aromatic N) is 1. The van der Waals surface area contributed by atoms with Crippen LogP contribution >= 0.6 is 0 Å². The number of carboxylic acid groups (broad SMARTS) is 1. The van der Waals surface area contributed by atoms with Crippen LogP contribution in [0.3, 0.4) is 0 Å². The van der Waals surface area contributed by atoms with Crippen LogP contribution in [0.25, 0.3) is 21.9 Å². The first-order valence-electron chi connectivity index (χ1n) is 12.6. The number of fused-ring (bicyclic) bond motifs is 2. The molecule has 4 aromatic carbocycles. The van der Waals surface area contributed by atoms with Crippen molar-refractivity contribution in [2.24, 2.45) is 0 Å². The van der Waals surface area contributed by atoms with E-state index in [0.717, 1.165) is 51.6 Å². The van der Waals surface area contributed by atoms with Crippen molar-refractivity contribution in [1.82, 2.24) is 4.31 Å². The number of hydrogen-bond donors (Lipinski definition) is 1. The highest BCUT2D eigenvalue weighted by Gasteiger charge is 2.28. The maximum absolute atomic E-state index is 13.7. The lowest BCUT2D eigenvalue weighted by Gasteiger charge is -2.32. The molecule has 0 spiro atoms. The van der Waals surface area contributed by atoms with Gasteiger partial charge in [0.25, 0.3) is 0 Å². The Morgan fingerprint density at radius 3 is 2.63 bits per heavy atom. The maximum Gasteiger partial charge on any atom is 0.318 e. The molecule has 0 aromatic heterocycles. The fourth-order valence-corrected chi connectivity index (χ4v) is 6.16. The van der Waals surface area contributed by atoms with E-state index in [1.54, 1.807) is 13.2 Å². The fraction of sp³-hybridized carbons (Fsp3) is 0.258. The number of aryl methyl sites for hydroxylation is 1. The molecule has 0 fully saturated rings. The molecule has 6 nitrogen and oxygen atoms in total. The van der Waals surface area contributed by atoms with Crippen LogP contribution in [-0.4, -0.2) is 38.8 Å². The molecule has 1 N–H and O–H groups in total. The van der Waals surface area contributed by atoms with Gasteiger partial charge < -0.3 is 14.6 Å². The van der Waals surface area contributed by atoms with Crippen LogP contribution in [0.15, 0.2) is 83.8 Å². The number of rotatable bonds is 8. The van der Waals surface area contributed by atoms with Gasteiger partial charge in [-0.1, -0.05) is 48.5 Å². The molecule has 38 heavy (non-hydrogen) atoms. The van der Waals surface area contributed by atoms with Gasteiger partial charge in [-0.3, -0.25) is 4.79 Å². The standard InChI is InChI=1S/C31H31NO5S/c1-31(2)16-15-23-18-25(12-14-29(23)37-31)38(35)32(20-30(33)34)19-24-17-22(11-13-28(24)36-3)27-10-6-8-21-7-4-5-9-26(21)27/h4-14,17-18H,15-16,19-20H2,1-3H3,(H,33,34). The minimum atomic E-state index is -1.70. The molecular formula is C31H31NO5S. The fourth-order valence-electron chi connectivity index (χ4n) is 4.95. The van der Waals surface area contributed by atoms with Crippen molar-refractivity contribution in [2.75, 3.05) is 13.7 Å². The number of hydrogen-bond acceptors (Lipinski definition) is 4. The van der Waals surface area contributed by atoms with Crippen molar-refractivity contribution < 1.29 is 23.6 Å². The Morgan fingerprint density at radius 2 is 1.84 bits per heavy atom. The van der Waals surface area contributed by atoms with Gasteiger partial charge in [-0.05, 0) is 84.5 Å². The summed E-state index contributed by atoms with van der Waals surface area (Å²) in [5, 5.41) is 11.9. The summed E-state index contributed by atoms with van der Waals surface area (Å²) in [5.41, 5.74) is 3.55. The lowest BCUT2D eigenvalue weighted by molar-refractivity contribution is -0.137. The second-order valence-electron chi connectivity index (χ2n) is 10.1. The molecule has 4 aromatic rings. The Kier molecular flexibility index (Phi) is 7.23. The van der Waals surface area contributed by atoms with Crippen LogP contribution in [-0.2, 0) is 28.7 Å². The van der Waals surface area contributed by atoms with Gasteiger partial charge in [0.15, 0.2) is 0 Å². The Labute approximate surface area is 225 Å². The summed E-state index contributed by atoms with van der Waals surface area (Å²) < 4.78 is 26.9. The van der Waals surface area contributed by atoms with E-state index in [1.165, 1.54) is 4.31 Å². The van der Waals surface area contributed by atoms with Gasteiger partial charge in [-0.2, -0.15) is 0 Å². The van der Waals surface area contributed by atoms with E-state index in [9.17, 15) is 14.1 Å². The molecule has 0 saturated heterocycles. The third kappa shape index (κ3) is 5.44. The van der Waals surface area contributed by atoms with E-state index in [-0.39, 0.29) is 18.7 Å². The van der Waals surface area contributed by atoms with Crippen LogP contribution in [0, 0.1) is 0 Å². The molecule has 1 aliphatic heterocycles. The lowest BCUT2D eigenvalue weighted by Crippen LogP contribution is -2.33. The first-order chi connectivity index (χ1) is 18.2. The van der Waals surface area contributed by atoms with Crippen LogP contribution < -0.4 is 9.47 Å². The second-order valence-corrected chi connectivity index (χ2v) is 11.6. The Morgan fingerprint density at radius 1 is 1.05 bits per heavy atom. The molecule has 0 aliphatic carbocycles. The molecule has 0 amide bonds. The summed E-state index contributed by atoms with van der Waals surface area (Å²) in [7, 11) is -0.119. The van der Waals surface area contributed by atoms with Crippen molar-refractivity contribution in [2.45, 2.75) is 43.7 Å². The number of aliphatic carboxylic acids is 1. The zero-order valence-corrected chi connectivity index (χ0v) is 22.6.